The number of carboxylic acid groups (broad SMARTS) is 1. The Bertz CT molecular complexity index is 905. The zero-order chi connectivity index (χ0) is 28.4. The molecule has 12 nitrogen and oxygen atoms in total. The van der Waals surface area contributed by atoms with E-state index >= 15 is 0 Å². The Morgan fingerprint density at radius 3 is 2.37 bits per heavy atom. The van der Waals surface area contributed by atoms with E-state index in [0.29, 0.717) is 11.7 Å². The summed E-state index contributed by atoms with van der Waals surface area (Å²) in [6.07, 6.45) is 2.77. The maximum Gasteiger partial charge on any atom is 0.315 e. The Labute approximate surface area is 225 Å². The van der Waals surface area contributed by atoms with Gasteiger partial charge in [0.15, 0.2) is 5.78 Å². The van der Waals surface area contributed by atoms with Gasteiger partial charge in [0.25, 0.3) is 0 Å². The summed E-state index contributed by atoms with van der Waals surface area (Å²) in [4.78, 5) is 71.6. The monoisotopic (exact) mass is 559 g/mol. The second-order valence-corrected chi connectivity index (χ2v) is 11.3. The molecule has 2 aliphatic heterocycles. The second kappa shape index (κ2) is 14.9. The van der Waals surface area contributed by atoms with E-state index in [1.165, 1.54) is 6.92 Å². The SMILES string of the molecule is CC(C)[C@H](NC(=O)CCCCC[C@@H]1SC[C@@H]2NC(=O)N[C@@H]21)C(=O)N[C@@H](C)C(=O)N[C@@H](CC(=O)O)C(=O)CF. The van der Waals surface area contributed by atoms with E-state index in [2.05, 4.69) is 26.6 Å². The molecule has 0 bridgehead atoms. The Morgan fingerprint density at radius 1 is 1.03 bits per heavy atom. The third-order valence-corrected chi connectivity index (χ3v) is 8.07. The largest absolute Gasteiger partial charge is 0.481 e. The van der Waals surface area contributed by atoms with E-state index in [1.807, 2.05) is 11.8 Å². The Kier molecular flexibility index (Phi) is 12.3. The van der Waals surface area contributed by atoms with Crippen LogP contribution in [0.15, 0.2) is 0 Å². The number of carbonyl (C=O) groups is 6. The fourth-order valence-electron chi connectivity index (χ4n) is 4.41. The molecule has 2 heterocycles. The van der Waals surface area contributed by atoms with Gasteiger partial charge in [-0.05, 0) is 25.7 Å². The van der Waals surface area contributed by atoms with Crippen molar-refractivity contribution < 1.29 is 38.3 Å². The summed E-state index contributed by atoms with van der Waals surface area (Å²) >= 11 is 1.84. The number of halogens is 1. The number of nitrogens with one attached hydrogen (secondary N) is 5. The van der Waals surface area contributed by atoms with Crippen LogP contribution in [-0.2, 0) is 24.0 Å². The minimum absolute atomic E-state index is 0.116. The highest BCUT2D eigenvalue weighted by Gasteiger charge is 2.42. The molecule has 38 heavy (non-hydrogen) atoms. The third kappa shape index (κ3) is 9.44. The van der Waals surface area contributed by atoms with Crippen molar-refractivity contribution in [1.82, 2.24) is 26.6 Å². The first-order chi connectivity index (χ1) is 17.9. The Morgan fingerprint density at radius 2 is 1.74 bits per heavy atom. The van der Waals surface area contributed by atoms with Crippen molar-refractivity contribution in [2.45, 2.75) is 94.8 Å². The average Bonchev–Trinajstić information content (AvgIpc) is 3.39. The van der Waals surface area contributed by atoms with E-state index in [-0.39, 0.29) is 36.4 Å². The minimum Gasteiger partial charge on any atom is -0.481 e. The van der Waals surface area contributed by atoms with E-state index in [4.69, 9.17) is 5.11 Å². The average molecular weight is 560 g/mol. The van der Waals surface area contributed by atoms with Crippen molar-refractivity contribution in [3.8, 4) is 0 Å². The first-order valence-electron chi connectivity index (χ1n) is 12.8. The number of ketones is 1. The van der Waals surface area contributed by atoms with Gasteiger partial charge in [0.2, 0.25) is 17.7 Å². The molecular weight excluding hydrogens is 521 g/mol. The van der Waals surface area contributed by atoms with Crippen LogP contribution in [0.2, 0.25) is 0 Å². The number of rotatable bonds is 16. The molecule has 14 heteroatoms. The molecule has 0 radical (unpaired) electrons. The topological polar surface area (TPSA) is 183 Å². The molecule has 0 aliphatic carbocycles. The minimum atomic E-state index is -1.55. The van der Waals surface area contributed by atoms with Crippen molar-refractivity contribution in [2.24, 2.45) is 5.92 Å². The molecule has 2 saturated heterocycles. The van der Waals surface area contributed by atoms with Crippen LogP contribution in [0, 0.1) is 5.92 Å². The summed E-state index contributed by atoms with van der Waals surface area (Å²) in [5.74, 6) is -3.61. The predicted molar refractivity (Wildman–Crippen MR) is 138 cm³/mol. The molecule has 0 aromatic carbocycles. The highest BCUT2D eigenvalue weighted by Crippen LogP contribution is 2.33. The van der Waals surface area contributed by atoms with Gasteiger partial charge in [0.05, 0.1) is 18.5 Å². The van der Waals surface area contributed by atoms with Gasteiger partial charge in [-0.25, -0.2) is 9.18 Å². The molecule has 214 valence electrons. The predicted octanol–water partition coefficient (Wildman–Crippen LogP) is 0.246. The number of hydrogen-bond donors (Lipinski definition) is 6. The maximum absolute atomic E-state index is 12.8. The summed E-state index contributed by atoms with van der Waals surface area (Å²) in [7, 11) is 0. The molecule has 2 aliphatic rings. The van der Waals surface area contributed by atoms with Crippen molar-refractivity contribution in [3.05, 3.63) is 0 Å². The van der Waals surface area contributed by atoms with Crippen LogP contribution in [0.3, 0.4) is 0 Å². The summed E-state index contributed by atoms with van der Waals surface area (Å²) in [5.41, 5.74) is 0. The Balaban J connectivity index is 1.74. The maximum atomic E-state index is 12.8. The number of fused-ring (bicyclic) bond motifs is 1. The number of urea groups is 1. The Hall–Kier alpha value is -2.90. The van der Waals surface area contributed by atoms with Crippen molar-refractivity contribution >= 4 is 47.3 Å². The number of carbonyl (C=O) groups excluding carboxylic acids is 5. The summed E-state index contributed by atoms with van der Waals surface area (Å²) in [6.45, 7) is 3.38. The van der Waals surface area contributed by atoms with Gasteiger partial charge < -0.3 is 31.7 Å². The number of aliphatic carboxylic acids is 1. The molecular formula is C24H38FN5O7S. The molecule has 5 amide bonds. The van der Waals surface area contributed by atoms with Gasteiger partial charge in [-0.1, -0.05) is 26.7 Å². The van der Waals surface area contributed by atoms with Crippen molar-refractivity contribution in [1.29, 1.82) is 0 Å². The highest BCUT2D eigenvalue weighted by atomic mass is 32.2. The number of unbranched alkanes of at least 4 members (excludes halogenated alkanes) is 2. The molecule has 0 spiro atoms. The molecule has 6 atom stereocenters. The lowest BCUT2D eigenvalue weighted by atomic mass is 10.0. The molecule has 2 rings (SSSR count). The number of Topliss-reactive ketones (excluding diaryl/α,β-unsaturated/α-hetero) is 1. The first kappa shape index (κ1) is 31.3. The lowest BCUT2D eigenvalue weighted by Crippen LogP contribution is -2.56. The molecule has 0 aromatic heterocycles. The molecule has 2 fully saturated rings. The number of amides is 5. The van der Waals surface area contributed by atoms with Gasteiger partial charge in [0.1, 0.15) is 24.8 Å². The molecule has 6 N–H and O–H groups in total. The first-order valence-corrected chi connectivity index (χ1v) is 13.9. The van der Waals surface area contributed by atoms with Crippen molar-refractivity contribution in [3.63, 3.8) is 0 Å². The zero-order valence-corrected chi connectivity index (χ0v) is 22.7. The van der Waals surface area contributed by atoms with E-state index in [1.54, 1.807) is 13.8 Å². The second-order valence-electron chi connectivity index (χ2n) is 10.00. The summed E-state index contributed by atoms with van der Waals surface area (Å²) in [5, 5.41) is 22.4. The van der Waals surface area contributed by atoms with Crippen LogP contribution in [0.4, 0.5) is 9.18 Å². The molecule has 0 unspecified atom stereocenters. The van der Waals surface area contributed by atoms with Gasteiger partial charge in [-0.2, -0.15) is 11.8 Å². The van der Waals surface area contributed by atoms with Crippen LogP contribution in [-0.4, -0.2) is 88.5 Å². The smallest absolute Gasteiger partial charge is 0.315 e. The van der Waals surface area contributed by atoms with Gasteiger partial charge in [-0.3, -0.25) is 24.0 Å². The lowest BCUT2D eigenvalue weighted by Gasteiger charge is -2.24. The fourth-order valence-corrected chi connectivity index (χ4v) is 5.95. The van der Waals surface area contributed by atoms with Crippen LogP contribution < -0.4 is 26.6 Å². The quantitative estimate of drug-likeness (QED) is 0.115. The van der Waals surface area contributed by atoms with Gasteiger partial charge in [-0.15, -0.1) is 0 Å². The highest BCUT2D eigenvalue weighted by molar-refractivity contribution is 8.00. The lowest BCUT2D eigenvalue weighted by molar-refractivity contribution is -0.140. The van der Waals surface area contributed by atoms with Gasteiger partial charge in [0, 0.05) is 17.4 Å². The fraction of sp³-hybridized carbons (Fsp3) is 0.750. The van der Waals surface area contributed by atoms with Crippen LogP contribution in [0.5, 0.6) is 0 Å². The third-order valence-electron chi connectivity index (χ3n) is 6.56. The molecule has 0 aromatic rings. The summed E-state index contributed by atoms with van der Waals surface area (Å²) < 4.78 is 12.7. The summed E-state index contributed by atoms with van der Waals surface area (Å²) in [6, 6.07) is -3.40. The van der Waals surface area contributed by atoms with E-state index in [0.717, 1.165) is 25.0 Å². The normalized spacial score (nSPS) is 22.4. The van der Waals surface area contributed by atoms with Crippen LogP contribution in [0.1, 0.15) is 59.3 Å². The number of thioether (sulfide) groups is 1. The zero-order valence-electron chi connectivity index (χ0n) is 21.9. The van der Waals surface area contributed by atoms with Crippen molar-refractivity contribution in [2.75, 3.05) is 12.4 Å². The van der Waals surface area contributed by atoms with E-state index in [9.17, 15) is 33.2 Å². The number of alkyl halides is 1. The van der Waals surface area contributed by atoms with E-state index < -0.39 is 54.8 Å². The van der Waals surface area contributed by atoms with Crippen LogP contribution in [0.25, 0.3) is 0 Å². The van der Waals surface area contributed by atoms with Crippen LogP contribution >= 0.6 is 11.8 Å². The molecule has 0 saturated carbocycles. The number of carboxylic acids is 1. The van der Waals surface area contributed by atoms with Gasteiger partial charge >= 0.3 is 12.0 Å². The standard InChI is InChI=1S/C24H38FN5O7S/c1-12(2)20(23(36)26-13(3)22(35)27-14(9-19(33)34)16(31)10-25)29-18(32)8-6-4-5-7-17-21-15(11-38-17)28-24(37)30-21/h12-15,17,20-21H,4-11H2,1-3H3,(H,26,36)(H,27,35)(H,29,32)(H,33,34)(H2,28,30,37)/t13-,14-,15-,17-,20-,21-/m0/s1. The number of hydrogen-bond acceptors (Lipinski definition) is 7.